The molecular formula is C19H23NO2. The molecule has 0 saturated heterocycles. The van der Waals surface area contributed by atoms with Crippen molar-refractivity contribution in [1.82, 2.24) is 4.90 Å². The Morgan fingerprint density at radius 1 is 1.09 bits per heavy atom. The van der Waals surface area contributed by atoms with Crippen molar-refractivity contribution < 1.29 is 9.84 Å². The molecule has 1 aliphatic rings. The second-order valence-electron chi connectivity index (χ2n) is 5.94. The van der Waals surface area contributed by atoms with E-state index in [1.54, 1.807) is 7.11 Å². The number of nitrogens with zero attached hydrogens (tertiary/aromatic N) is 1. The monoisotopic (exact) mass is 297 g/mol. The maximum atomic E-state index is 10.5. The van der Waals surface area contributed by atoms with Crippen molar-refractivity contribution in [2.24, 2.45) is 0 Å². The molecule has 0 amide bonds. The van der Waals surface area contributed by atoms with Gasteiger partial charge in [0.2, 0.25) is 0 Å². The minimum absolute atomic E-state index is 0.431. The summed E-state index contributed by atoms with van der Waals surface area (Å²) in [5, 5.41) is 10.5. The maximum absolute atomic E-state index is 10.5. The second kappa shape index (κ2) is 6.95. The van der Waals surface area contributed by atoms with Gasteiger partial charge in [-0.3, -0.25) is 4.90 Å². The van der Waals surface area contributed by atoms with Gasteiger partial charge in [0.25, 0.3) is 0 Å². The minimum Gasteiger partial charge on any atom is -0.497 e. The lowest BCUT2D eigenvalue weighted by Gasteiger charge is -2.25. The number of aliphatic hydroxyl groups is 1. The molecule has 3 nitrogen and oxygen atoms in total. The fraction of sp³-hybridized carbons (Fsp3) is 0.368. The van der Waals surface area contributed by atoms with E-state index in [0.717, 1.165) is 17.9 Å². The number of aliphatic hydroxyl groups excluding tert-OH is 1. The van der Waals surface area contributed by atoms with Crippen LogP contribution < -0.4 is 4.74 Å². The Bertz CT molecular complexity index is 578. The van der Waals surface area contributed by atoms with Gasteiger partial charge in [0.15, 0.2) is 0 Å². The molecule has 0 aromatic heterocycles. The third kappa shape index (κ3) is 3.87. The summed E-state index contributed by atoms with van der Waals surface area (Å²) >= 11 is 0. The Labute approximate surface area is 132 Å². The van der Waals surface area contributed by atoms with Crippen molar-refractivity contribution in [3.8, 4) is 5.75 Å². The molecular weight excluding hydrogens is 274 g/mol. The van der Waals surface area contributed by atoms with Gasteiger partial charge in [0.1, 0.15) is 5.75 Å². The number of hydrogen-bond donors (Lipinski definition) is 1. The van der Waals surface area contributed by atoms with Gasteiger partial charge in [0.05, 0.1) is 13.2 Å². The van der Waals surface area contributed by atoms with E-state index < -0.39 is 6.10 Å². The topological polar surface area (TPSA) is 32.7 Å². The number of benzene rings is 2. The van der Waals surface area contributed by atoms with Crippen LogP contribution in [0, 0.1) is 0 Å². The molecule has 1 saturated carbocycles. The highest BCUT2D eigenvalue weighted by Gasteiger charge is 2.30. The van der Waals surface area contributed by atoms with Gasteiger partial charge in [-0.2, -0.15) is 0 Å². The van der Waals surface area contributed by atoms with Crippen molar-refractivity contribution in [3.63, 3.8) is 0 Å². The molecule has 1 fully saturated rings. The first-order valence-corrected chi connectivity index (χ1v) is 7.86. The van der Waals surface area contributed by atoms with Gasteiger partial charge in [-0.1, -0.05) is 42.5 Å². The van der Waals surface area contributed by atoms with E-state index in [-0.39, 0.29) is 0 Å². The van der Waals surface area contributed by atoms with Crippen LogP contribution in [0.5, 0.6) is 5.75 Å². The van der Waals surface area contributed by atoms with Gasteiger partial charge in [-0.05, 0) is 36.1 Å². The molecule has 3 rings (SSSR count). The zero-order valence-electron chi connectivity index (χ0n) is 13.0. The van der Waals surface area contributed by atoms with Gasteiger partial charge >= 0.3 is 0 Å². The average Bonchev–Trinajstić information content (AvgIpc) is 3.40. The molecule has 2 aromatic carbocycles. The summed E-state index contributed by atoms with van der Waals surface area (Å²) in [6.45, 7) is 1.55. The molecule has 0 spiro atoms. The van der Waals surface area contributed by atoms with Crippen LogP contribution in [0.3, 0.4) is 0 Å². The largest absolute Gasteiger partial charge is 0.497 e. The molecule has 2 aromatic rings. The van der Waals surface area contributed by atoms with Crippen LogP contribution >= 0.6 is 0 Å². The summed E-state index contributed by atoms with van der Waals surface area (Å²) in [4.78, 5) is 2.39. The molecule has 0 radical (unpaired) electrons. The Hall–Kier alpha value is -1.84. The Morgan fingerprint density at radius 2 is 1.77 bits per heavy atom. The van der Waals surface area contributed by atoms with Crippen molar-refractivity contribution in [3.05, 3.63) is 65.7 Å². The summed E-state index contributed by atoms with van der Waals surface area (Å²) in [6.07, 6.45) is 2.04. The number of rotatable bonds is 7. The molecule has 0 bridgehead atoms. The first kappa shape index (κ1) is 15.1. The number of ether oxygens (including phenoxy) is 1. The zero-order chi connectivity index (χ0) is 15.4. The molecule has 1 N–H and O–H groups in total. The van der Waals surface area contributed by atoms with E-state index in [4.69, 9.17) is 4.74 Å². The third-order valence-electron chi connectivity index (χ3n) is 4.20. The number of methoxy groups -OCH3 is 1. The van der Waals surface area contributed by atoms with Crippen LogP contribution in [0.4, 0.5) is 0 Å². The SMILES string of the molecule is COc1ccc(CN(CC(O)c2ccccc2)C2CC2)cc1. The van der Waals surface area contributed by atoms with E-state index >= 15 is 0 Å². The fourth-order valence-corrected chi connectivity index (χ4v) is 2.75. The van der Waals surface area contributed by atoms with Gasteiger partial charge in [0, 0.05) is 19.1 Å². The minimum atomic E-state index is -0.431. The first-order valence-electron chi connectivity index (χ1n) is 7.86. The molecule has 116 valence electrons. The van der Waals surface area contributed by atoms with Gasteiger partial charge in [-0.15, -0.1) is 0 Å². The standard InChI is InChI=1S/C19H23NO2/c1-22-18-11-7-15(8-12-18)13-20(17-9-10-17)14-19(21)16-5-3-2-4-6-16/h2-8,11-12,17,19,21H,9-10,13-14H2,1H3. The fourth-order valence-electron chi connectivity index (χ4n) is 2.75. The summed E-state index contributed by atoms with van der Waals surface area (Å²) < 4.78 is 5.20. The maximum Gasteiger partial charge on any atom is 0.118 e. The van der Waals surface area contributed by atoms with Crippen molar-refractivity contribution >= 4 is 0 Å². The lowest BCUT2D eigenvalue weighted by Crippen LogP contribution is -2.30. The summed E-state index contributed by atoms with van der Waals surface area (Å²) in [5.74, 6) is 0.881. The van der Waals surface area contributed by atoms with E-state index in [0.29, 0.717) is 12.6 Å². The molecule has 3 heteroatoms. The lowest BCUT2D eigenvalue weighted by atomic mass is 10.1. The smallest absolute Gasteiger partial charge is 0.118 e. The Balaban J connectivity index is 1.65. The van der Waals surface area contributed by atoms with Gasteiger partial charge in [-0.25, -0.2) is 0 Å². The molecule has 0 aliphatic heterocycles. The van der Waals surface area contributed by atoms with Crippen molar-refractivity contribution in [1.29, 1.82) is 0 Å². The first-order chi connectivity index (χ1) is 10.8. The summed E-state index contributed by atoms with van der Waals surface area (Å²) in [5.41, 5.74) is 2.25. The number of hydrogen-bond acceptors (Lipinski definition) is 3. The van der Waals surface area contributed by atoms with E-state index in [2.05, 4.69) is 17.0 Å². The molecule has 0 heterocycles. The van der Waals surface area contributed by atoms with Crippen LogP contribution in [0.1, 0.15) is 30.1 Å². The third-order valence-corrected chi connectivity index (χ3v) is 4.20. The summed E-state index contributed by atoms with van der Waals surface area (Å²) in [6, 6.07) is 18.7. The van der Waals surface area contributed by atoms with E-state index in [1.165, 1.54) is 18.4 Å². The Morgan fingerprint density at radius 3 is 2.36 bits per heavy atom. The summed E-state index contributed by atoms with van der Waals surface area (Å²) in [7, 11) is 1.68. The molecule has 1 atom stereocenters. The van der Waals surface area contributed by atoms with Crippen molar-refractivity contribution in [2.45, 2.75) is 31.5 Å². The molecule has 1 aliphatic carbocycles. The van der Waals surface area contributed by atoms with Crippen LogP contribution in [0.25, 0.3) is 0 Å². The highest BCUT2D eigenvalue weighted by molar-refractivity contribution is 5.27. The predicted octanol–water partition coefficient (Wildman–Crippen LogP) is 3.39. The average molecular weight is 297 g/mol. The second-order valence-corrected chi connectivity index (χ2v) is 5.94. The van der Waals surface area contributed by atoms with Crippen LogP contribution in [0.2, 0.25) is 0 Å². The quantitative estimate of drug-likeness (QED) is 0.850. The van der Waals surface area contributed by atoms with Crippen LogP contribution in [-0.4, -0.2) is 29.7 Å². The van der Waals surface area contributed by atoms with Crippen LogP contribution in [-0.2, 0) is 6.54 Å². The van der Waals surface area contributed by atoms with Gasteiger partial charge < -0.3 is 9.84 Å². The molecule has 1 unspecified atom stereocenters. The predicted molar refractivity (Wildman–Crippen MR) is 87.8 cm³/mol. The normalized spacial score (nSPS) is 15.8. The van der Waals surface area contributed by atoms with Crippen molar-refractivity contribution in [2.75, 3.05) is 13.7 Å². The van der Waals surface area contributed by atoms with E-state index in [1.807, 2.05) is 42.5 Å². The van der Waals surface area contributed by atoms with Crippen LogP contribution in [0.15, 0.2) is 54.6 Å². The lowest BCUT2D eigenvalue weighted by molar-refractivity contribution is 0.104. The highest BCUT2D eigenvalue weighted by Crippen LogP contribution is 2.30. The molecule has 22 heavy (non-hydrogen) atoms. The van der Waals surface area contributed by atoms with E-state index in [9.17, 15) is 5.11 Å². The Kier molecular flexibility index (Phi) is 4.76. The highest BCUT2D eigenvalue weighted by atomic mass is 16.5. The zero-order valence-corrected chi connectivity index (χ0v) is 13.0.